The molecule has 2 aliphatic carbocycles. The van der Waals surface area contributed by atoms with Gasteiger partial charge in [-0.3, -0.25) is 9.59 Å². The second kappa shape index (κ2) is 8.67. The number of piperidine rings is 1. The highest BCUT2D eigenvalue weighted by molar-refractivity contribution is 5.95. The van der Waals surface area contributed by atoms with Crippen molar-refractivity contribution in [2.45, 2.75) is 64.1 Å². The van der Waals surface area contributed by atoms with Crippen LogP contribution in [0.15, 0.2) is 42.6 Å². The molecule has 4 aromatic rings. The summed E-state index contributed by atoms with van der Waals surface area (Å²) in [5, 5.41) is 6.31. The summed E-state index contributed by atoms with van der Waals surface area (Å²) >= 11 is 0. The van der Waals surface area contributed by atoms with Crippen LogP contribution in [0.1, 0.15) is 60.0 Å². The van der Waals surface area contributed by atoms with Crippen molar-refractivity contribution in [1.82, 2.24) is 24.0 Å². The number of likely N-dealkylation sites (tertiary alicyclic amines) is 2. The first-order chi connectivity index (χ1) is 19.4. The zero-order valence-electron chi connectivity index (χ0n) is 23.2. The van der Waals surface area contributed by atoms with Crippen LogP contribution >= 0.6 is 0 Å². The number of pyridine rings is 1. The summed E-state index contributed by atoms with van der Waals surface area (Å²) in [5.74, 6) is 1.70. The van der Waals surface area contributed by atoms with E-state index >= 15 is 0 Å². The van der Waals surface area contributed by atoms with E-state index in [0.29, 0.717) is 23.3 Å². The van der Waals surface area contributed by atoms with Gasteiger partial charge < -0.3 is 20.1 Å². The molecule has 0 radical (unpaired) electrons. The highest BCUT2D eigenvalue weighted by atomic mass is 16.2. The van der Waals surface area contributed by atoms with Gasteiger partial charge in [0.2, 0.25) is 5.91 Å². The minimum atomic E-state index is 0.0619. The predicted octanol–water partition coefficient (Wildman–Crippen LogP) is 4.18. The standard InChI is InChI=1S/C32H36N6O2/c1-18-26-10-9-23(32(40)37-16-22-8-11-27(37)29(22)33)17-38(26)34-30(18)28-12-21-4-3-5-25(24-14-35(15-24)19(2)39)31(21)36(28)13-20-6-7-20/h3-5,9-10,12,17,20,22,24,27,29H,6-8,11,13-16,33H2,1-2H3/t22?,27?,29-/m1/s1. The van der Waals surface area contributed by atoms with E-state index in [1.54, 1.807) is 6.92 Å². The van der Waals surface area contributed by atoms with Gasteiger partial charge in [-0.1, -0.05) is 18.2 Å². The number of fused-ring (bicyclic) bond motifs is 4. The van der Waals surface area contributed by atoms with Crippen molar-refractivity contribution in [2.75, 3.05) is 19.6 Å². The molecule has 2 unspecified atom stereocenters. The molecule has 0 spiro atoms. The van der Waals surface area contributed by atoms with Gasteiger partial charge in [-0.15, -0.1) is 0 Å². The van der Waals surface area contributed by atoms with E-state index in [9.17, 15) is 9.59 Å². The molecule has 8 heteroatoms. The third-order valence-electron chi connectivity index (χ3n) is 10.1. The summed E-state index contributed by atoms with van der Waals surface area (Å²) in [4.78, 5) is 29.3. The van der Waals surface area contributed by atoms with Gasteiger partial charge in [-0.2, -0.15) is 5.10 Å². The first-order valence-corrected chi connectivity index (χ1v) is 14.8. The number of carbonyl (C=O) groups is 2. The van der Waals surface area contributed by atoms with E-state index in [4.69, 9.17) is 10.8 Å². The van der Waals surface area contributed by atoms with Crippen LogP contribution in [-0.2, 0) is 11.3 Å². The summed E-state index contributed by atoms with van der Waals surface area (Å²) in [6.07, 6.45) is 6.56. The Balaban J connectivity index is 1.19. The van der Waals surface area contributed by atoms with Crippen LogP contribution in [0, 0.1) is 18.8 Å². The molecule has 8 rings (SSSR count). The van der Waals surface area contributed by atoms with E-state index in [-0.39, 0.29) is 23.9 Å². The number of hydrogen-bond acceptors (Lipinski definition) is 4. The molecule has 2 N–H and O–H groups in total. The van der Waals surface area contributed by atoms with Crippen LogP contribution in [0.25, 0.3) is 27.8 Å². The fourth-order valence-corrected chi connectivity index (χ4v) is 7.55. The van der Waals surface area contributed by atoms with Crippen LogP contribution in [0.5, 0.6) is 0 Å². The van der Waals surface area contributed by atoms with Gasteiger partial charge in [0.15, 0.2) is 0 Å². The molecule has 5 heterocycles. The number of para-hydroxylation sites is 1. The molecule has 3 aromatic heterocycles. The Kier molecular flexibility index (Phi) is 5.24. The lowest BCUT2D eigenvalue weighted by Gasteiger charge is -2.39. The fraction of sp³-hybridized carbons (Fsp3) is 0.469. The highest BCUT2D eigenvalue weighted by Crippen LogP contribution is 2.41. The second-order valence-electron chi connectivity index (χ2n) is 12.7. The van der Waals surface area contributed by atoms with Crippen molar-refractivity contribution in [3.05, 3.63) is 59.3 Å². The summed E-state index contributed by atoms with van der Waals surface area (Å²) in [7, 11) is 0. The predicted molar refractivity (Wildman–Crippen MR) is 154 cm³/mol. The maximum Gasteiger partial charge on any atom is 0.255 e. The largest absolute Gasteiger partial charge is 0.342 e. The van der Waals surface area contributed by atoms with Crippen LogP contribution in [0.4, 0.5) is 0 Å². The van der Waals surface area contributed by atoms with Crippen molar-refractivity contribution >= 4 is 28.2 Å². The minimum absolute atomic E-state index is 0.0619. The Labute approximate surface area is 233 Å². The molecule has 2 saturated carbocycles. The molecule has 40 heavy (non-hydrogen) atoms. The first kappa shape index (κ1) is 24.2. The van der Waals surface area contributed by atoms with Gasteiger partial charge in [0.25, 0.3) is 5.91 Å². The Morgan fingerprint density at radius 3 is 2.58 bits per heavy atom. The Bertz CT molecular complexity index is 1690. The van der Waals surface area contributed by atoms with Crippen LogP contribution < -0.4 is 5.73 Å². The van der Waals surface area contributed by atoms with Crippen molar-refractivity contribution < 1.29 is 9.59 Å². The second-order valence-corrected chi connectivity index (χ2v) is 12.7. The van der Waals surface area contributed by atoms with Crippen LogP contribution in [-0.4, -0.2) is 67.5 Å². The molecular weight excluding hydrogens is 500 g/mol. The molecule has 4 fully saturated rings. The molecule has 1 aromatic carbocycles. The van der Waals surface area contributed by atoms with Crippen molar-refractivity contribution in [1.29, 1.82) is 0 Å². The third kappa shape index (κ3) is 3.58. The van der Waals surface area contributed by atoms with Crippen LogP contribution in [0.2, 0.25) is 0 Å². The van der Waals surface area contributed by atoms with Crippen molar-refractivity contribution in [3.8, 4) is 11.4 Å². The number of rotatable bonds is 5. The van der Waals surface area contributed by atoms with E-state index in [0.717, 1.165) is 61.5 Å². The van der Waals surface area contributed by atoms with E-state index in [1.165, 1.54) is 29.3 Å². The summed E-state index contributed by atoms with van der Waals surface area (Å²) in [5.41, 5.74) is 13.9. The number of nitrogens with two attached hydrogens (primary N) is 1. The first-order valence-electron chi connectivity index (χ1n) is 14.8. The zero-order chi connectivity index (χ0) is 27.3. The van der Waals surface area contributed by atoms with Gasteiger partial charge in [-0.25, -0.2) is 4.52 Å². The Morgan fingerprint density at radius 2 is 1.88 bits per heavy atom. The molecule has 3 atom stereocenters. The number of nitrogens with zero attached hydrogens (tertiary/aromatic N) is 5. The lowest BCUT2D eigenvalue weighted by atomic mass is 9.90. The average Bonchev–Trinajstić information content (AvgIpc) is 3.31. The Morgan fingerprint density at radius 1 is 1.05 bits per heavy atom. The normalized spacial score (nSPS) is 24.4. The molecule has 2 aliphatic heterocycles. The van der Waals surface area contributed by atoms with Gasteiger partial charge in [-0.05, 0) is 68.2 Å². The summed E-state index contributed by atoms with van der Waals surface area (Å²) < 4.78 is 4.38. The maximum absolute atomic E-state index is 13.5. The number of carbonyl (C=O) groups excluding carboxylic acids is 2. The van der Waals surface area contributed by atoms with E-state index < -0.39 is 0 Å². The van der Waals surface area contributed by atoms with E-state index in [2.05, 4.69) is 35.8 Å². The Hall–Kier alpha value is -3.65. The van der Waals surface area contributed by atoms with Crippen LogP contribution in [0.3, 0.4) is 0 Å². The third-order valence-corrected chi connectivity index (χ3v) is 10.1. The molecule has 2 bridgehead atoms. The monoisotopic (exact) mass is 536 g/mol. The smallest absolute Gasteiger partial charge is 0.255 e. The lowest BCUT2D eigenvalue weighted by Crippen LogP contribution is -2.47. The van der Waals surface area contributed by atoms with Crippen molar-refractivity contribution in [3.63, 3.8) is 0 Å². The zero-order valence-corrected chi connectivity index (χ0v) is 23.2. The molecule has 206 valence electrons. The van der Waals surface area contributed by atoms with Gasteiger partial charge in [0, 0.05) is 68.3 Å². The summed E-state index contributed by atoms with van der Waals surface area (Å²) in [6, 6.07) is 13.1. The molecule has 2 amide bonds. The SMILES string of the molecule is CC(=O)N1CC(c2cccc3cc(-c4nn5cc(C(=O)N6CC7CCC6[C@@H]7N)ccc5c4C)n(CC4CC4)c23)C1. The maximum atomic E-state index is 13.5. The summed E-state index contributed by atoms with van der Waals surface area (Å²) in [6.45, 7) is 7.10. The van der Waals surface area contributed by atoms with Gasteiger partial charge in [0.05, 0.1) is 22.3 Å². The number of aromatic nitrogens is 3. The molecule has 8 nitrogen and oxygen atoms in total. The van der Waals surface area contributed by atoms with Crippen molar-refractivity contribution in [2.24, 2.45) is 17.6 Å². The molecule has 2 saturated heterocycles. The highest BCUT2D eigenvalue weighted by Gasteiger charge is 2.47. The molecule has 4 aliphatic rings. The molecular formula is C32H36N6O2. The topological polar surface area (TPSA) is 88.9 Å². The van der Waals surface area contributed by atoms with E-state index in [1.807, 2.05) is 32.6 Å². The number of amides is 2. The number of benzene rings is 1. The average molecular weight is 537 g/mol. The number of aryl methyl sites for hydroxylation is 1. The van der Waals surface area contributed by atoms with Gasteiger partial charge in [0.1, 0.15) is 5.69 Å². The number of hydrogen-bond donors (Lipinski definition) is 1. The quantitative estimate of drug-likeness (QED) is 0.415. The lowest BCUT2D eigenvalue weighted by molar-refractivity contribution is -0.133. The van der Waals surface area contributed by atoms with Gasteiger partial charge >= 0.3 is 0 Å². The fourth-order valence-electron chi connectivity index (χ4n) is 7.55. The minimum Gasteiger partial charge on any atom is -0.342 e.